The molecule has 0 saturated heterocycles. The number of ketones is 1. The third kappa shape index (κ3) is 13.7. The molecule has 3 nitrogen and oxygen atoms in total. The normalized spacial score (nSPS) is 14.5. The summed E-state index contributed by atoms with van der Waals surface area (Å²) in [6, 6.07) is 0. The summed E-state index contributed by atoms with van der Waals surface area (Å²) in [6.45, 7) is 10.3. The summed E-state index contributed by atoms with van der Waals surface area (Å²) in [6.07, 6.45) is 11.2. The van der Waals surface area contributed by atoms with Crippen LogP contribution in [0.25, 0.3) is 0 Å². The summed E-state index contributed by atoms with van der Waals surface area (Å²) in [4.78, 5) is 22.5. The van der Waals surface area contributed by atoms with Gasteiger partial charge in [0.1, 0.15) is 5.78 Å². The molecule has 0 rings (SSSR count). The van der Waals surface area contributed by atoms with Crippen LogP contribution >= 0.6 is 0 Å². The molecule has 0 aromatic heterocycles. The first-order valence-corrected chi connectivity index (χ1v) is 8.47. The van der Waals surface area contributed by atoms with Gasteiger partial charge in [-0.25, -0.2) is 4.79 Å². The van der Waals surface area contributed by atoms with Crippen LogP contribution in [0.5, 0.6) is 0 Å². The van der Waals surface area contributed by atoms with E-state index in [2.05, 4.69) is 20.8 Å². The van der Waals surface area contributed by atoms with E-state index < -0.39 is 5.97 Å². The highest BCUT2D eigenvalue weighted by Crippen LogP contribution is 2.17. The third-order valence-electron chi connectivity index (χ3n) is 3.62. The molecule has 0 saturated carbocycles. The van der Waals surface area contributed by atoms with Crippen LogP contribution in [0.4, 0.5) is 0 Å². The highest BCUT2D eigenvalue weighted by molar-refractivity contribution is 5.81. The number of carbonyl (C=O) groups is 2. The molecule has 0 amide bonds. The molecule has 0 fully saturated rings. The molecule has 0 radical (unpaired) electrons. The van der Waals surface area contributed by atoms with Crippen LogP contribution in [-0.4, -0.2) is 16.9 Å². The Labute approximate surface area is 141 Å². The van der Waals surface area contributed by atoms with Gasteiger partial charge < -0.3 is 5.11 Å². The summed E-state index contributed by atoms with van der Waals surface area (Å²) < 4.78 is 0. The second-order valence-corrected chi connectivity index (χ2v) is 6.95. The van der Waals surface area contributed by atoms with E-state index in [0.717, 1.165) is 24.0 Å². The van der Waals surface area contributed by atoms with Gasteiger partial charge in [-0.05, 0) is 31.3 Å². The molecule has 0 heterocycles. The zero-order valence-corrected chi connectivity index (χ0v) is 15.3. The Hall–Kier alpha value is -1.64. The Morgan fingerprint density at radius 2 is 1.74 bits per heavy atom. The first-order valence-electron chi connectivity index (χ1n) is 8.47. The second kappa shape index (κ2) is 11.9. The molecule has 0 aliphatic heterocycles. The maximum atomic E-state index is 12.0. The van der Waals surface area contributed by atoms with Crippen molar-refractivity contribution in [2.24, 2.45) is 11.8 Å². The van der Waals surface area contributed by atoms with Gasteiger partial charge in [0.25, 0.3) is 0 Å². The number of carbonyl (C=O) groups excluding carboxylic acids is 1. The number of Topliss-reactive ketones (excluding diaryl/α,β-unsaturated/α-hetero) is 1. The number of carboxylic acid groups (broad SMARTS) is 1. The van der Waals surface area contributed by atoms with Gasteiger partial charge in [-0.2, -0.15) is 0 Å². The summed E-state index contributed by atoms with van der Waals surface area (Å²) in [5, 5.41) is 8.62. The van der Waals surface area contributed by atoms with Gasteiger partial charge in [-0.3, -0.25) is 4.79 Å². The predicted octanol–water partition coefficient (Wildman–Crippen LogP) is 5.33. The van der Waals surface area contributed by atoms with Crippen molar-refractivity contribution in [1.82, 2.24) is 0 Å². The zero-order valence-electron chi connectivity index (χ0n) is 15.3. The van der Waals surface area contributed by atoms with Crippen molar-refractivity contribution in [1.29, 1.82) is 0 Å². The van der Waals surface area contributed by atoms with Crippen molar-refractivity contribution in [2.75, 3.05) is 0 Å². The molecule has 23 heavy (non-hydrogen) atoms. The number of rotatable bonds is 11. The molecule has 130 valence electrons. The van der Waals surface area contributed by atoms with Crippen molar-refractivity contribution in [2.45, 2.75) is 66.7 Å². The minimum atomic E-state index is -0.950. The Balaban J connectivity index is 4.20. The van der Waals surface area contributed by atoms with Gasteiger partial charge in [0, 0.05) is 18.9 Å². The molecule has 0 spiro atoms. The predicted molar refractivity (Wildman–Crippen MR) is 96.4 cm³/mol. The average Bonchev–Trinajstić information content (AvgIpc) is 2.36. The molecular formula is C20H32O3. The van der Waals surface area contributed by atoms with Gasteiger partial charge in [0.05, 0.1) is 0 Å². The number of allylic oxidation sites excluding steroid dienone is 5. The highest BCUT2D eigenvalue weighted by Gasteiger charge is 2.09. The molecular weight excluding hydrogens is 288 g/mol. The molecule has 1 unspecified atom stereocenters. The van der Waals surface area contributed by atoms with Crippen molar-refractivity contribution in [3.63, 3.8) is 0 Å². The van der Waals surface area contributed by atoms with E-state index in [1.54, 1.807) is 19.1 Å². The standard InChI is InChI=1S/C20H32O3/c1-15(2)8-6-9-16(3)12-19(21)13-17(4)10-7-11-18(5)14-20(22)23/h7,10-11,14-16H,6,8-9,12-13H2,1-5H3,(H,22,23)/b11-7+,17-10+,18-14+. The molecule has 3 heteroatoms. The summed E-state index contributed by atoms with van der Waals surface area (Å²) in [5.74, 6) is 0.510. The first kappa shape index (κ1) is 21.4. The summed E-state index contributed by atoms with van der Waals surface area (Å²) in [5.41, 5.74) is 1.68. The molecule has 0 aliphatic rings. The van der Waals surface area contributed by atoms with Crippen LogP contribution in [0.1, 0.15) is 66.7 Å². The van der Waals surface area contributed by atoms with Gasteiger partial charge in [-0.15, -0.1) is 0 Å². The lowest BCUT2D eigenvalue weighted by atomic mass is 9.94. The zero-order chi connectivity index (χ0) is 17.8. The van der Waals surface area contributed by atoms with Crippen LogP contribution < -0.4 is 0 Å². The van der Waals surface area contributed by atoms with E-state index in [1.807, 2.05) is 13.0 Å². The average molecular weight is 320 g/mol. The lowest BCUT2D eigenvalue weighted by molar-refractivity contribution is -0.131. The lowest BCUT2D eigenvalue weighted by Crippen LogP contribution is -2.06. The van der Waals surface area contributed by atoms with Gasteiger partial charge in [0.2, 0.25) is 0 Å². The molecule has 0 aromatic rings. The van der Waals surface area contributed by atoms with E-state index in [1.165, 1.54) is 12.8 Å². The molecule has 0 aliphatic carbocycles. The van der Waals surface area contributed by atoms with Crippen LogP contribution in [0.15, 0.2) is 35.5 Å². The monoisotopic (exact) mass is 320 g/mol. The lowest BCUT2D eigenvalue weighted by Gasteiger charge is -2.11. The topological polar surface area (TPSA) is 54.4 Å². The van der Waals surface area contributed by atoms with E-state index in [0.29, 0.717) is 24.3 Å². The minimum absolute atomic E-state index is 0.280. The maximum Gasteiger partial charge on any atom is 0.328 e. The first-order chi connectivity index (χ1) is 10.7. The molecule has 1 atom stereocenters. The Morgan fingerprint density at radius 1 is 1.09 bits per heavy atom. The maximum absolute atomic E-state index is 12.0. The third-order valence-corrected chi connectivity index (χ3v) is 3.62. The van der Waals surface area contributed by atoms with Crippen molar-refractivity contribution in [3.05, 3.63) is 35.5 Å². The Kier molecular flexibility index (Phi) is 11.0. The van der Waals surface area contributed by atoms with Crippen LogP contribution in [-0.2, 0) is 9.59 Å². The molecule has 1 N–H and O–H groups in total. The molecule has 0 aromatic carbocycles. The Bertz CT molecular complexity index is 467. The number of hydrogen-bond donors (Lipinski definition) is 1. The van der Waals surface area contributed by atoms with Gasteiger partial charge >= 0.3 is 5.97 Å². The van der Waals surface area contributed by atoms with E-state index in [-0.39, 0.29) is 5.78 Å². The smallest absolute Gasteiger partial charge is 0.328 e. The second-order valence-electron chi connectivity index (χ2n) is 6.95. The van der Waals surface area contributed by atoms with Gasteiger partial charge in [-0.1, -0.05) is 63.8 Å². The van der Waals surface area contributed by atoms with E-state index in [9.17, 15) is 9.59 Å². The number of aliphatic carboxylic acids is 1. The largest absolute Gasteiger partial charge is 0.478 e. The van der Waals surface area contributed by atoms with Crippen LogP contribution in [0, 0.1) is 11.8 Å². The fraction of sp³-hybridized carbons (Fsp3) is 0.600. The van der Waals surface area contributed by atoms with Crippen molar-refractivity contribution in [3.8, 4) is 0 Å². The quantitative estimate of drug-likeness (QED) is 0.413. The van der Waals surface area contributed by atoms with Crippen molar-refractivity contribution >= 4 is 11.8 Å². The SMILES string of the molecule is CC(/C=C/C=C(\C)CC(=O)CC(C)CCCC(C)C)=C\C(=O)O. The number of carboxylic acids is 1. The van der Waals surface area contributed by atoms with E-state index >= 15 is 0 Å². The van der Waals surface area contributed by atoms with Crippen molar-refractivity contribution < 1.29 is 14.7 Å². The summed E-state index contributed by atoms with van der Waals surface area (Å²) in [7, 11) is 0. The van der Waals surface area contributed by atoms with Gasteiger partial charge in [0.15, 0.2) is 0 Å². The van der Waals surface area contributed by atoms with Crippen LogP contribution in [0.3, 0.4) is 0 Å². The minimum Gasteiger partial charge on any atom is -0.478 e. The number of hydrogen-bond acceptors (Lipinski definition) is 2. The van der Waals surface area contributed by atoms with E-state index in [4.69, 9.17) is 5.11 Å². The highest BCUT2D eigenvalue weighted by atomic mass is 16.4. The van der Waals surface area contributed by atoms with Crippen LogP contribution in [0.2, 0.25) is 0 Å². The molecule has 0 bridgehead atoms. The fourth-order valence-corrected chi connectivity index (χ4v) is 2.41. The summed E-state index contributed by atoms with van der Waals surface area (Å²) >= 11 is 0. The Morgan fingerprint density at radius 3 is 2.30 bits per heavy atom. The fourth-order valence-electron chi connectivity index (χ4n) is 2.41.